The molecule has 5 nitrogen and oxygen atoms in total. The quantitative estimate of drug-likeness (QED) is 0.778. The van der Waals surface area contributed by atoms with Crippen molar-refractivity contribution in [2.45, 2.75) is 6.04 Å². The van der Waals surface area contributed by atoms with Crippen LogP contribution in [0.15, 0.2) is 34.9 Å². The van der Waals surface area contributed by atoms with Crippen LogP contribution < -0.4 is 4.90 Å². The van der Waals surface area contributed by atoms with Crippen LogP contribution in [-0.2, 0) is 14.3 Å². The van der Waals surface area contributed by atoms with Crippen molar-refractivity contribution in [2.75, 3.05) is 31.8 Å². The third kappa shape index (κ3) is 2.61. The summed E-state index contributed by atoms with van der Waals surface area (Å²) in [5.41, 5.74) is 0. The van der Waals surface area contributed by atoms with Gasteiger partial charge >= 0.3 is 5.97 Å². The van der Waals surface area contributed by atoms with Gasteiger partial charge in [0.15, 0.2) is 6.04 Å². The molecule has 0 radical (unpaired) electrons. The third-order valence-electron chi connectivity index (χ3n) is 3.61. The Morgan fingerprint density at radius 2 is 2.29 bits per heavy atom. The summed E-state index contributed by atoms with van der Waals surface area (Å²) in [6, 6.07) is 7.46. The molecule has 2 aromatic rings. The Kier molecular flexibility index (Phi) is 4.07. The van der Waals surface area contributed by atoms with Crippen LogP contribution >= 0.6 is 15.9 Å². The topological polar surface area (TPSA) is 51.7 Å². The van der Waals surface area contributed by atoms with Crippen molar-refractivity contribution < 1.29 is 14.3 Å². The Morgan fingerprint density at radius 3 is 3.10 bits per heavy atom. The smallest absolute Gasteiger partial charge is 0.330 e. The first-order valence-corrected chi connectivity index (χ1v) is 7.47. The molecule has 1 aliphatic rings. The van der Waals surface area contributed by atoms with Gasteiger partial charge in [0.2, 0.25) is 0 Å². The van der Waals surface area contributed by atoms with Gasteiger partial charge in [-0.25, -0.2) is 9.78 Å². The lowest BCUT2D eigenvalue weighted by atomic mass is 10.1. The Bertz CT molecular complexity index is 677. The molecule has 1 atom stereocenters. The van der Waals surface area contributed by atoms with E-state index >= 15 is 0 Å². The number of halogens is 1. The Balaban J connectivity index is 2.09. The van der Waals surface area contributed by atoms with E-state index in [1.165, 1.54) is 7.11 Å². The summed E-state index contributed by atoms with van der Waals surface area (Å²) in [5, 5.41) is 2.07. The van der Waals surface area contributed by atoms with E-state index < -0.39 is 6.04 Å². The maximum absolute atomic E-state index is 12.0. The molecular formula is C15H15BrN2O3. The molecule has 0 saturated carbocycles. The molecule has 2 heterocycles. The van der Waals surface area contributed by atoms with Crippen LogP contribution in [0.2, 0.25) is 0 Å². The van der Waals surface area contributed by atoms with Gasteiger partial charge in [-0.15, -0.1) is 0 Å². The number of ether oxygens (including phenoxy) is 2. The lowest BCUT2D eigenvalue weighted by Crippen LogP contribution is -2.51. The number of nitrogens with zero attached hydrogens (tertiary/aromatic N) is 2. The van der Waals surface area contributed by atoms with Gasteiger partial charge in [-0.3, -0.25) is 0 Å². The number of hydrogen-bond acceptors (Lipinski definition) is 5. The van der Waals surface area contributed by atoms with E-state index in [0.717, 1.165) is 21.1 Å². The second-order valence-electron chi connectivity index (χ2n) is 4.78. The molecule has 1 saturated heterocycles. The largest absolute Gasteiger partial charge is 0.467 e. The average molecular weight is 351 g/mol. The number of esters is 1. The molecular weight excluding hydrogens is 336 g/mol. The van der Waals surface area contributed by atoms with Crippen molar-refractivity contribution in [2.24, 2.45) is 0 Å². The summed E-state index contributed by atoms with van der Waals surface area (Å²) in [7, 11) is 1.39. The fourth-order valence-electron chi connectivity index (χ4n) is 2.57. The first-order chi connectivity index (χ1) is 10.2. The van der Waals surface area contributed by atoms with Gasteiger partial charge in [0.25, 0.3) is 0 Å². The first-order valence-electron chi connectivity index (χ1n) is 6.68. The Morgan fingerprint density at radius 1 is 1.43 bits per heavy atom. The number of aromatic nitrogens is 1. The number of methoxy groups -OCH3 is 1. The number of hydrogen-bond donors (Lipinski definition) is 0. The lowest BCUT2D eigenvalue weighted by molar-refractivity contribution is -0.144. The van der Waals surface area contributed by atoms with Gasteiger partial charge in [0.05, 0.1) is 20.3 Å². The number of pyridine rings is 1. The van der Waals surface area contributed by atoms with Crippen LogP contribution in [0.1, 0.15) is 0 Å². The standard InChI is InChI=1S/C15H15BrN2O3/c1-20-15(19)13-9-21-8-7-18(13)14-11-3-2-4-12(16)10(11)5-6-17-14/h2-6,13H,7-9H2,1H3. The molecule has 0 amide bonds. The molecule has 1 fully saturated rings. The van der Waals surface area contributed by atoms with E-state index in [-0.39, 0.29) is 5.97 Å². The number of benzene rings is 1. The highest BCUT2D eigenvalue weighted by atomic mass is 79.9. The molecule has 0 spiro atoms. The zero-order valence-electron chi connectivity index (χ0n) is 11.6. The van der Waals surface area contributed by atoms with E-state index in [2.05, 4.69) is 20.9 Å². The number of carbonyl (C=O) groups excluding carboxylic acids is 1. The Hall–Kier alpha value is -1.66. The first kappa shape index (κ1) is 14.3. The molecule has 1 aromatic heterocycles. The molecule has 3 rings (SSSR count). The predicted octanol–water partition coefficient (Wildman–Crippen LogP) is 2.38. The summed E-state index contributed by atoms with van der Waals surface area (Å²) < 4.78 is 11.3. The molecule has 6 heteroatoms. The van der Waals surface area contributed by atoms with Crippen LogP contribution in [0.5, 0.6) is 0 Å². The number of rotatable bonds is 2. The van der Waals surface area contributed by atoms with Crippen LogP contribution in [0.4, 0.5) is 5.82 Å². The van der Waals surface area contributed by atoms with Gasteiger partial charge in [0.1, 0.15) is 5.82 Å². The van der Waals surface area contributed by atoms with Crippen molar-refractivity contribution >= 4 is 38.5 Å². The highest BCUT2D eigenvalue weighted by Gasteiger charge is 2.32. The average Bonchev–Trinajstić information content (AvgIpc) is 2.54. The summed E-state index contributed by atoms with van der Waals surface area (Å²) >= 11 is 3.55. The summed E-state index contributed by atoms with van der Waals surface area (Å²) in [6.07, 6.45) is 1.76. The molecule has 1 aliphatic heterocycles. The monoisotopic (exact) mass is 350 g/mol. The van der Waals surface area contributed by atoms with Crippen molar-refractivity contribution in [3.63, 3.8) is 0 Å². The van der Waals surface area contributed by atoms with Crippen LogP contribution in [0, 0.1) is 0 Å². The highest BCUT2D eigenvalue weighted by Crippen LogP contribution is 2.31. The van der Waals surface area contributed by atoms with Crippen molar-refractivity contribution in [1.29, 1.82) is 0 Å². The van der Waals surface area contributed by atoms with E-state index in [0.29, 0.717) is 19.8 Å². The van der Waals surface area contributed by atoms with Crippen molar-refractivity contribution in [3.8, 4) is 0 Å². The zero-order valence-corrected chi connectivity index (χ0v) is 13.2. The predicted molar refractivity (Wildman–Crippen MR) is 83.4 cm³/mol. The molecule has 0 bridgehead atoms. The third-order valence-corrected chi connectivity index (χ3v) is 4.30. The maximum atomic E-state index is 12.0. The van der Waals surface area contributed by atoms with Gasteiger partial charge in [-0.2, -0.15) is 0 Å². The van der Waals surface area contributed by atoms with Crippen molar-refractivity contribution in [1.82, 2.24) is 4.98 Å². The minimum absolute atomic E-state index is 0.302. The van der Waals surface area contributed by atoms with E-state index in [9.17, 15) is 4.79 Å². The van der Waals surface area contributed by atoms with Gasteiger partial charge in [-0.1, -0.05) is 28.1 Å². The lowest BCUT2D eigenvalue weighted by Gasteiger charge is -2.35. The normalized spacial score (nSPS) is 18.8. The second-order valence-corrected chi connectivity index (χ2v) is 5.63. The summed E-state index contributed by atoms with van der Waals surface area (Å²) in [6.45, 7) is 1.50. The zero-order chi connectivity index (χ0) is 14.8. The minimum atomic E-state index is -0.458. The van der Waals surface area contributed by atoms with Crippen LogP contribution in [0.25, 0.3) is 10.8 Å². The van der Waals surface area contributed by atoms with Gasteiger partial charge in [-0.05, 0) is 12.1 Å². The van der Waals surface area contributed by atoms with E-state index in [1.807, 2.05) is 29.2 Å². The molecule has 1 aromatic carbocycles. The molecule has 0 N–H and O–H groups in total. The van der Waals surface area contributed by atoms with Gasteiger partial charge in [0, 0.05) is 28.0 Å². The Labute approximate surface area is 131 Å². The number of morpholine rings is 1. The van der Waals surface area contributed by atoms with Crippen LogP contribution in [-0.4, -0.2) is 43.9 Å². The number of carbonyl (C=O) groups is 1. The van der Waals surface area contributed by atoms with Crippen molar-refractivity contribution in [3.05, 3.63) is 34.9 Å². The van der Waals surface area contributed by atoms with E-state index in [1.54, 1.807) is 6.20 Å². The summed E-state index contributed by atoms with van der Waals surface area (Å²) in [5.74, 6) is 0.482. The molecule has 110 valence electrons. The fraction of sp³-hybridized carbons (Fsp3) is 0.333. The molecule has 0 aliphatic carbocycles. The number of anilines is 1. The number of fused-ring (bicyclic) bond motifs is 1. The van der Waals surface area contributed by atoms with Gasteiger partial charge < -0.3 is 14.4 Å². The fourth-order valence-corrected chi connectivity index (χ4v) is 3.07. The minimum Gasteiger partial charge on any atom is -0.467 e. The van der Waals surface area contributed by atoms with Crippen LogP contribution in [0.3, 0.4) is 0 Å². The highest BCUT2D eigenvalue weighted by molar-refractivity contribution is 9.10. The van der Waals surface area contributed by atoms with E-state index in [4.69, 9.17) is 9.47 Å². The molecule has 1 unspecified atom stereocenters. The maximum Gasteiger partial charge on any atom is 0.330 e. The second kappa shape index (κ2) is 5.99. The summed E-state index contributed by atoms with van der Waals surface area (Å²) in [4.78, 5) is 18.4. The SMILES string of the molecule is COC(=O)C1COCCN1c1nccc2c(Br)cccc12. The molecule has 21 heavy (non-hydrogen) atoms.